The highest BCUT2D eigenvalue weighted by Gasteiger charge is 2.22. The zero-order valence-corrected chi connectivity index (χ0v) is 8.12. The molecular formula is C9H12N2O4. The fraction of sp³-hybridized carbons (Fsp3) is 0.333. The molecule has 2 atom stereocenters. The summed E-state index contributed by atoms with van der Waals surface area (Å²) in [4.78, 5) is 10.0. The minimum Gasteiger partial charge on any atom is -0.508 e. The molecule has 0 radical (unpaired) electrons. The number of nitro benzene ring substituents is 1. The highest BCUT2D eigenvalue weighted by atomic mass is 16.6. The van der Waals surface area contributed by atoms with Crippen molar-refractivity contribution in [2.45, 2.75) is 19.1 Å². The summed E-state index contributed by atoms with van der Waals surface area (Å²) >= 11 is 0. The Morgan fingerprint density at radius 3 is 2.60 bits per heavy atom. The average Bonchev–Trinajstić information content (AvgIpc) is 2.15. The normalized spacial score (nSPS) is 14.6. The fourth-order valence-corrected chi connectivity index (χ4v) is 1.24. The first-order chi connectivity index (χ1) is 6.93. The molecule has 0 fully saturated rings. The van der Waals surface area contributed by atoms with Crippen LogP contribution in [0.3, 0.4) is 0 Å². The van der Waals surface area contributed by atoms with Crippen molar-refractivity contribution in [1.29, 1.82) is 0 Å². The van der Waals surface area contributed by atoms with Gasteiger partial charge in [0, 0.05) is 6.07 Å². The number of aliphatic hydroxyl groups is 1. The van der Waals surface area contributed by atoms with Crippen molar-refractivity contribution in [3.8, 4) is 5.75 Å². The maximum absolute atomic E-state index is 10.6. The van der Waals surface area contributed by atoms with Gasteiger partial charge in [-0.1, -0.05) is 0 Å². The van der Waals surface area contributed by atoms with Gasteiger partial charge in [0.05, 0.1) is 22.6 Å². The molecule has 0 spiro atoms. The lowest BCUT2D eigenvalue weighted by molar-refractivity contribution is -0.385. The van der Waals surface area contributed by atoms with Crippen LogP contribution in [0, 0.1) is 10.1 Å². The third-order valence-electron chi connectivity index (χ3n) is 2.09. The second kappa shape index (κ2) is 4.24. The van der Waals surface area contributed by atoms with E-state index in [4.69, 9.17) is 5.73 Å². The van der Waals surface area contributed by atoms with Gasteiger partial charge in [0.2, 0.25) is 0 Å². The molecular weight excluding hydrogens is 200 g/mol. The SMILES string of the molecule is C[C@@H](O)[C@@H](N)c1cc(O)ccc1[N+](=O)[O-]. The van der Waals surface area contributed by atoms with Crippen molar-refractivity contribution in [3.05, 3.63) is 33.9 Å². The molecule has 0 saturated heterocycles. The van der Waals surface area contributed by atoms with Crippen molar-refractivity contribution >= 4 is 5.69 Å². The van der Waals surface area contributed by atoms with E-state index < -0.39 is 17.1 Å². The van der Waals surface area contributed by atoms with E-state index in [0.717, 1.165) is 6.07 Å². The van der Waals surface area contributed by atoms with E-state index in [1.54, 1.807) is 0 Å². The number of phenolic OH excluding ortho intramolecular Hbond substituents is 1. The summed E-state index contributed by atoms with van der Waals surface area (Å²) in [5.74, 6) is -0.119. The van der Waals surface area contributed by atoms with Gasteiger partial charge < -0.3 is 15.9 Å². The number of nitro groups is 1. The van der Waals surface area contributed by atoms with E-state index in [1.807, 2.05) is 0 Å². The fourth-order valence-electron chi connectivity index (χ4n) is 1.24. The Kier molecular flexibility index (Phi) is 3.23. The van der Waals surface area contributed by atoms with Crippen LogP contribution in [0.2, 0.25) is 0 Å². The van der Waals surface area contributed by atoms with E-state index >= 15 is 0 Å². The molecule has 82 valence electrons. The molecule has 0 bridgehead atoms. The predicted octanol–water partition coefficient (Wildman–Crippen LogP) is 0.681. The lowest BCUT2D eigenvalue weighted by Gasteiger charge is -2.15. The summed E-state index contributed by atoms with van der Waals surface area (Å²) in [5, 5.41) is 29.1. The summed E-state index contributed by atoms with van der Waals surface area (Å²) in [6, 6.07) is 2.66. The summed E-state index contributed by atoms with van der Waals surface area (Å²) in [7, 11) is 0. The minimum absolute atomic E-state index is 0.119. The molecule has 6 nitrogen and oxygen atoms in total. The molecule has 1 aromatic rings. The summed E-state index contributed by atoms with van der Waals surface area (Å²) in [5.41, 5.74) is 5.49. The number of aliphatic hydroxyl groups excluding tert-OH is 1. The van der Waals surface area contributed by atoms with Crippen molar-refractivity contribution < 1.29 is 15.1 Å². The molecule has 0 amide bonds. The number of hydrogen-bond donors (Lipinski definition) is 3. The number of rotatable bonds is 3. The van der Waals surface area contributed by atoms with E-state index in [2.05, 4.69) is 0 Å². The van der Waals surface area contributed by atoms with Gasteiger partial charge in [-0.3, -0.25) is 10.1 Å². The first kappa shape index (κ1) is 11.4. The molecule has 1 rings (SSSR count). The summed E-state index contributed by atoms with van der Waals surface area (Å²) in [6.45, 7) is 1.43. The topological polar surface area (TPSA) is 110 Å². The smallest absolute Gasteiger partial charge is 0.274 e. The maximum atomic E-state index is 10.6. The van der Waals surface area contributed by atoms with Crippen LogP contribution < -0.4 is 5.73 Å². The second-order valence-corrected chi connectivity index (χ2v) is 3.27. The molecule has 0 aliphatic rings. The van der Waals surface area contributed by atoms with Gasteiger partial charge in [-0.15, -0.1) is 0 Å². The molecule has 4 N–H and O–H groups in total. The molecule has 1 aromatic carbocycles. The molecule has 0 aliphatic carbocycles. The zero-order chi connectivity index (χ0) is 11.6. The van der Waals surface area contributed by atoms with Gasteiger partial charge in [0.25, 0.3) is 5.69 Å². The standard InChI is InChI=1S/C9H12N2O4/c1-5(12)9(10)7-4-6(13)2-3-8(7)11(14)15/h2-5,9,12-13H,10H2,1H3/t5-,9-/m1/s1. The summed E-state index contributed by atoms with van der Waals surface area (Å²) in [6.07, 6.45) is -0.925. The molecule has 15 heavy (non-hydrogen) atoms. The van der Waals surface area contributed by atoms with Crippen molar-refractivity contribution in [3.63, 3.8) is 0 Å². The highest BCUT2D eigenvalue weighted by molar-refractivity contribution is 5.46. The molecule has 0 saturated carbocycles. The van der Waals surface area contributed by atoms with Gasteiger partial charge in [0.1, 0.15) is 5.75 Å². The Morgan fingerprint density at radius 1 is 1.53 bits per heavy atom. The van der Waals surface area contributed by atoms with Gasteiger partial charge in [-0.25, -0.2) is 0 Å². The predicted molar refractivity (Wildman–Crippen MR) is 53.4 cm³/mol. The number of nitrogens with zero attached hydrogens (tertiary/aromatic N) is 1. The van der Waals surface area contributed by atoms with Gasteiger partial charge >= 0.3 is 0 Å². The quantitative estimate of drug-likeness (QED) is 0.504. The first-order valence-electron chi connectivity index (χ1n) is 4.34. The minimum atomic E-state index is -0.925. The van der Waals surface area contributed by atoms with E-state index in [-0.39, 0.29) is 17.0 Å². The Hall–Kier alpha value is -1.66. The van der Waals surface area contributed by atoms with Crippen LogP contribution in [0.15, 0.2) is 18.2 Å². The molecule has 0 aliphatic heterocycles. The number of aromatic hydroxyl groups is 1. The second-order valence-electron chi connectivity index (χ2n) is 3.27. The first-order valence-corrected chi connectivity index (χ1v) is 4.34. The Morgan fingerprint density at radius 2 is 2.13 bits per heavy atom. The third-order valence-corrected chi connectivity index (χ3v) is 2.09. The van der Waals surface area contributed by atoms with Crippen LogP contribution >= 0.6 is 0 Å². The Labute approximate surface area is 86.1 Å². The molecule has 0 aromatic heterocycles. The maximum Gasteiger partial charge on any atom is 0.274 e. The molecule has 6 heteroatoms. The van der Waals surface area contributed by atoms with Crippen LogP contribution in [-0.4, -0.2) is 21.2 Å². The monoisotopic (exact) mass is 212 g/mol. The van der Waals surface area contributed by atoms with Crippen molar-refractivity contribution in [2.24, 2.45) is 5.73 Å². The van der Waals surface area contributed by atoms with E-state index in [1.165, 1.54) is 19.1 Å². The zero-order valence-electron chi connectivity index (χ0n) is 8.12. The number of hydrogen-bond acceptors (Lipinski definition) is 5. The number of phenols is 1. The van der Waals surface area contributed by atoms with E-state index in [0.29, 0.717) is 0 Å². The third kappa shape index (κ3) is 2.42. The highest BCUT2D eigenvalue weighted by Crippen LogP contribution is 2.29. The van der Waals surface area contributed by atoms with Gasteiger partial charge in [-0.2, -0.15) is 0 Å². The van der Waals surface area contributed by atoms with Crippen LogP contribution in [0.1, 0.15) is 18.5 Å². The Balaban J connectivity index is 3.24. The van der Waals surface area contributed by atoms with Crippen LogP contribution in [-0.2, 0) is 0 Å². The number of nitrogens with two attached hydrogens (primary N) is 1. The van der Waals surface area contributed by atoms with Crippen molar-refractivity contribution in [1.82, 2.24) is 0 Å². The van der Waals surface area contributed by atoms with Gasteiger partial charge in [0.15, 0.2) is 0 Å². The lowest BCUT2D eigenvalue weighted by atomic mass is 10.0. The Bertz CT molecular complexity index is 378. The summed E-state index contributed by atoms with van der Waals surface area (Å²) < 4.78 is 0. The van der Waals surface area contributed by atoms with Gasteiger partial charge in [-0.05, 0) is 19.1 Å². The van der Waals surface area contributed by atoms with Crippen LogP contribution in [0.4, 0.5) is 5.69 Å². The average molecular weight is 212 g/mol. The van der Waals surface area contributed by atoms with Crippen LogP contribution in [0.25, 0.3) is 0 Å². The lowest BCUT2D eigenvalue weighted by Crippen LogP contribution is -2.24. The molecule has 0 heterocycles. The van der Waals surface area contributed by atoms with E-state index in [9.17, 15) is 20.3 Å². The number of benzene rings is 1. The molecule has 0 unspecified atom stereocenters. The van der Waals surface area contributed by atoms with Crippen LogP contribution in [0.5, 0.6) is 5.75 Å². The van der Waals surface area contributed by atoms with Crippen molar-refractivity contribution in [2.75, 3.05) is 0 Å². The largest absolute Gasteiger partial charge is 0.508 e.